The highest BCUT2D eigenvalue weighted by atomic mass is 19.1. The lowest BCUT2D eigenvalue weighted by Gasteiger charge is -2.30. The standard InChI is InChI=1S/C24H21FN6O3/c1-14-28-13-29-31(14)23-20-19(18(25)12-27-23)17(11-26-20)22(33)24(34)30-9-7-16(8-10-30)21(32)15-5-3-2-4-6-15/h2-6,11-13,16,26H,7-10H2,1H3. The van der Waals surface area contributed by atoms with Gasteiger partial charge in [-0.1, -0.05) is 30.3 Å². The maximum Gasteiger partial charge on any atom is 0.295 e. The molecular formula is C24H21FN6O3. The van der Waals surface area contributed by atoms with Gasteiger partial charge in [0.05, 0.1) is 22.7 Å². The van der Waals surface area contributed by atoms with Crippen molar-refractivity contribution in [1.82, 2.24) is 29.6 Å². The Morgan fingerprint density at radius 1 is 1.09 bits per heavy atom. The number of amides is 1. The molecule has 1 aliphatic rings. The molecule has 4 heterocycles. The molecule has 1 saturated heterocycles. The van der Waals surface area contributed by atoms with E-state index in [2.05, 4.69) is 20.1 Å². The molecule has 9 nitrogen and oxygen atoms in total. The summed E-state index contributed by atoms with van der Waals surface area (Å²) in [6.07, 6.45) is 4.59. The van der Waals surface area contributed by atoms with Gasteiger partial charge in [-0.2, -0.15) is 9.78 Å². The summed E-state index contributed by atoms with van der Waals surface area (Å²) in [6, 6.07) is 9.03. The summed E-state index contributed by atoms with van der Waals surface area (Å²) in [5.74, 6) is -1.61. The van der Waals surface area contributed by atoms with Crippen LogP contribution >= 0.6 is 0 Å². The zero-order chi connectivity index (χ0) is 23.8. The van der Waals surface area contributed by atoms with E-state index in [1.807, 2.05) is 18.2 Å². The smallest absolute Gasteiger partial charge is 0.295 e. The van der Waals surface area contributed by atoms with Crippen molar-refractivity contribution in [1.29, 1.82) is 0 Å². The second-order valence-electron chi connectivity index (χ2n) is 8.23. The first-order chi connectivity index (χ1) is 16.5. The van der Waals surface area contributed by atoms with E-state index in [0.29, 0.717) is 24.2 Å². The molecule has 5 rings (SSSR count). The molecule has 1 aromatic carbocycles. The molecule has 0 aliphatic carbocycles. The Morgan fingerprint density at radius 2 is 1.82 bits per heavy atom. The van der Waals surface area contributed by atoms with Crippen molar-refractivity contribution in [2.24, 2.45) is 5.92 Å². The fourth-order valence-corrected chi connectivity index (χ4v) is 4.38. The van der Waals surface area contributed by atoms with E-state index in [4.69, 9.17) is 0 Å². The number of nitrogens with zero attached hydrogens (tertiary/aromatic N) is 5. The Balaban J connectivity index is 1.35. The quantitative estimate of drug-likeness (QED) is 0.362. The van der Waals surface area contributed by atoms with Crippen LogP contribution in [0, 0.1) is 18.7 Å². The van der Waals surface area contributed by atoms with E-state index in [9.17, 15) is 18.8 Å². The number of H-pyrrole nitrogens is 1. The highest BCUT2D eigenvalue weighted by Gasteiger charge is 2.32. The van der Waals surface area contributed by atoms with Crippen LogP contribution in [0.15, 0.2) is 49.1 Å². The first-order valence-electron chi connectivity index (χ1n) is 10.9. The Morgan fingerprint density at radius 3 is 2.50 bits per heavy atom. The molecule has 0 radical (unpaired) electrons. The van der Waals surface area contributed by atoms with Crippen LogP contribution in [0.4, 0.5) is 4.39 Å². The van der Waals surface area contributed by atoms with Crippen LogP contribution in [0.2, 0.25) is 0 Å². The van der Waals surface area contributed by atoms with E-state index in [1.54, 1.807) is 19.1 Å². The molecule has 0 saturated carbocycles. The monoisotopic (exact) mass is 460 g/mol. The number of carbonyl (C=O) groups excluding carboxylic acids is 3. The Bertz CT molecular complexity index is 1400. The molecule has 0 atom stereocenters. The molecule has 3 aromatic heterocycles. The van der Waals surface area contributed by atoms with Gasteiger partial charge in [0.2, 0.25) is 0 Å². The van der Waals surface area contributed by atoms with Crippen molar-refractivity contribution >= 4 is 28.4 Å². The van der Waals surface area contributed by atoms with Gasteiger partial charge < -0.3 is 9.88 Å². The molecule has 34 heavy (non-hydrogen) atoms. The minimum atomic E-state index is -0.814. The summed E-state index contributed by atoms with van der Waals surface area (Å²) in [7, 11) is 0. The number of rotatable bonds is 5. The minimum absolute atomic E-state index is 0.0209. The van der Waals surface area contributed by atoms with Crippen molar-refractivity contribution < 1.29 is 18.8 Å². The summed E-state index contributed by atoms with van der Waals surface area (Å²) < 4.78 is 16.1. The number of nitrogens with one attached hydrogen (secondary N) is 1. The first-order valence-corrected chi connectivity index (χ1v) is 10.9. The minimum Gasteiger partial charge on any atom is -0.357 e. The van der Waals surface area contributed by atoms with Gasteiger partial charge in [0.1, 0.15) is 12.2 Å². The maximum absolute atomic E-state index is 14.7. The van der Waals surface area contributed by atoms with Gasteiger partial charge in [0, 0.05) is 30.8 Å². The third-order valence-corrected chi connectivity index (χ3v) is 6.21. The average molecular weight is 460 g/mol. The van der Waals surface area contributed by atoms with Crippen LogP contribution in [0.5, 0.6) is 0 Å². The number of fused-ring (bicyclic) bond motifs is 1. The van der Waals surface area contributed by atoms with E-state index >= 15 is 0 Å². The number of piperidine rings is 1. The van der Waals surface area contributed by atoms with Crippen molar-refractivity contribution in [2.75, 3.05) is 13.1 Å². The highest BCUT2D eigenvalue weighted by Crippen LogP contribution is 2.28. The second-order valence-corrected chi connectivity index (χ2v) is 8.23. The molecule has 172 valence electrons. The number of aryl methyl sites for hydroxylation is 1. The predicted molar refractivity (Wildman–Crippen MR) is 120 cm³/mol. The van der Waals surface area contributed by atoms with Crippen molar-refractivity contribution in [3.63, 3.8) is 0 Å². The van der Waals surface area contributed by atoms with Crippen LogP contribution in [0.3, 0.4) is 0 Å². The largest absolute Gasteiger partial charge is 0.357 e. The fraction of sp³-hybridized carbons (Fsp3) is 0.250. The third-order valence-electron chi connectivity index (χ3n) is 6.21. The number of hydrogen-bond donors (Lipinski definition) is 1. The number of benzene rings is 1. The van der Waals surface area contributed by atoms with Crippen LogP contribution < -0.4 is 0 Å². The number of halogens is 1. The molecule has 1 fully saturated rings. The van der Waals surface area contributed by atoms with E-state index in [-0.39, 0.29) is 47.1 Å². The van der Waals surface area contributed by atoms with Crippen LogP contribution in [0.25, 0.3) is 16.7 Å². The van der Waals surface area contributed by atoms with Crippen LogP contribution in [-0.4, -0.2) is 60.2 Å². The summed E-state index contributed by atoms with van der Waals surface area (Å²) in [5, 5.41) is 4.06. The molecule has 10 heteroatoms. The van der Waals surface area contributed by atoms with Gasteiger partial charge in [-0.15, -0.1) is 0 Å². The molecule has 0 spiro atoms. The Labute approximate surface area is 193 Å². The maximum atomic E-state index is 14.7. The van der Waals surface area contributed by atoms with E-state index in [1.165, 1.54) is 22.1 Å². The number of ketones is 2. The number of carbonyl (C=O) groups is 3. The van der Waals surface area contributed by atoms with Crippen LogP contribution in [-0.2, 0) is 4.79 Å². The molecule has 1 aliphatic heterocycles. The summed E-state index contributed by atoms with van der Waals surface area (Å²) in [5.41, 5.74) is 0.822. The van der Waals surface area contributed by atoms with Crippen molar-refractivity contribution in [2.45, 2.75) is 19.8 Å². The molecular weight excluding hydrogens is 439 g/mol. The topological polar surface area (TPSA) is 114 Å². The van der Waals surface area contributed by atoms with Gasteiger partial charge in [-0.25, -0.2) is 14.4 Å². The molecule has 0 bridgehead atoms. The molecule has 4 aromatic rings. The normalized spacial score (nSPS) is 14.5. The van der Waals surface area contributed by atoms with Crippen molar-refractivity contribution in [3.8, 4) is 5.82 Å². The lowest BCUT2D eigenvalue weighted by molar-refractivity contribution is -0.127. The van der Waals surface area contributed by atoms with Crippen LogP contribution in [0.1, 0.15) is 39.4 Å². The Hall–Kier alpha value is -4.21. The van der Waals surface area contributed by atoms with Gasteiger partial charge >= 0.3 is 0 Å². The van der Waals surface area contributed by atoms with Gasteiger partial charge in [-0.05, 0) is 19.8 Å². The highest BCUT2D eigenvalue weighted by molar-refractivity contribution is 6.45. The summed E-state index contributed by atoms with van der Waals surface area (Å²) >= 11 is 0. The SMILES string of the molecule is Cc1ncnn1-c1ncc(F)c2c(C(=O)C(=O)N3CCC(C(=O)c4ccccc4)CC3)c[nH]c12. The molecule has 1 N–H and O–H groups in total. The molecule has 1 amide bonds. The number of aromatic nitrogens is 5. The number of hydrogen-bond acceptors (Lipinski definition) is 6. The zero-order valence-electron chi connectivity index (χ0n) is 18.4. The average Bonchev–Trinajstić information content (AvgIpc) is 3.51. The zero-order valence-corrected chi connectivity index (χ0v) is 18.4. The predicted octanol–water partition coefficient (Wildman–Crippen LogP) is 2.90. The number of aromatic amines is 1. The Kier molecular flexibility index (Phi) is 5.48. The van der Waals surface area contributed by atoms with Gasteiger partial charge in [0.25, 0.3) is 11.7 Å². The fourth-order valence-electron chi connectivity index (χ4n) is 4.38. The van der Waals surface area contributed by atoms with Gasteiger partial charge in [0.15, 0.2) is 17.4 Å². The van der Waals surface area contributed by atoms with E-state index < -0.39 is 17.5 Å². The lowest BCUT2D eigenvalue weighted by atomic mass is 9.88. The second kappa shape index (κ2) is 8.62. The first kappa shape index (κ1) is 21.6. The number of pyridine rings is 1. The van der Waals surface area contributed by atoms with E-state index in [0.717, 1.165) is 6.20 Å². The van der Waals surface area contributed by atoms with Crippen molar-refractivity contribution in [3.05, 3.63) is 71.8 Å². The van der Waals surface area contributed by atoms with Gasteiger partial charge in [-0.3, -0.25) is 14.4 Å². The lowest BCUT2D eigenvalue weighted by Crippen LogP contribution is -2.43. The summed E-state index contributed by atoms with van der Waals surface area (Å²) in [4.78, 5) is 51.2. The third kappa shape index (κ3) is 3.66. The number of likely N-dealkylation sites (tertiary alicyclic amines) is 1. The molecule has 0 unspecified atom stereocenters. The summed E-state index contributed by atoms with van der Waals surface area (Å²) in [6.45, 7) is 2.28. The number of Topliss-reactive ketones (excluding diaryl/α,β-unsaturated/α-hetero) is 2.